The molecule has 2 fully saturated rings. The summed E-state index contributed by atoms with van der Waals surface area (Å²) in [7, 11) is 1.50. The fourth-order valence-corrected chi connectivity index (χ4v) is 9.29. The van der Waals surface area contributed by atoms with Crippen molar-refractivity contribution in [3.8, 4) is 0 Å². The summed E-state index contributed by atoms with van der Waals surface area (Å²) in [6.07, 6.45) is 2.02. The Morgan fingerprint density at radius 1 is 1.00 bits per heavy atom. The van der Waals surface area contributed by atoms with Crippen LogP contribution in [-0.4, -0.2) is 65.3 Å². The quantitative estimate of drug-likeness (QED) is 0.114. The number of H-pyrrole nitrogens is 1. The van der Waals surface area contributed by atoms with Crippen molar-refractivity contribution in [3.63, 3.8) is 0 Å². The van der Waals surface area contributed by atoms with Crippen LogP contribution in [-0.2, 0) is 46.8 Å². The number of aromatic amines is 1. The molecule has 6 rings (SSSR count). The van der Waals surface area contributed by atoms with Crippen molar-refractivity contribution in [3.05, 3.63) is 83.1 Å². The highest BCUT2D eigenvalue weighted by molar-refractivity contribution is 5.86. The lowest BCUT2D eigenvalue weighted by molar-refractivity contribution is -0.311. The van der Waals surface area contributed by atoms with E-state index in [9.17, 15) is 14.7 Å². The number of hydrogen-bond donors (Lipinski definition) is 2. The van der Waals surface area contributed by atoms with Gasteiger partial charge in [0.1, 0.15) is 18.0 Å². The Kier molecular flexibility index (Phi) is 8.79. The summed E-state index contributed by atoms with van der Waals surface area (Å²) in [6.45, 7) is 12.0. The van der Waals surface area contributed by atoms with Crippen molar-refractivity contribution >= 4 is 23.2 Å². The predicted octanol–water partition coefficient (Wildman–Crippen LogP) is 6.37. The van der Waals surface area contributed by atoms with Gasteiger partial charge in [0.15, 0.2) is 11.9 Å². The molecule has 0 amide bonds. The number of benzene rings is 2. The summed E-state index contributed by atoms with van der Waals surface area (Å²) in [5, 5.41) is 14.8. The van der Waals surface area contributed by atoms with Gasteiger partial charge in [-0.3, -0.25) is 4.79 Å². The van der Waals surface area contributed by atoms with Crippen LogP contribution >= 0.6 is 0 Å². The zero-order chi connectivity index (χ0) is 33.8. The monoisotopic (exact) mass is 643 g/mol. The molecule has 3 aliphatic carbocycles. The van der Waals surface area contributed by atoms with Crippen LogP contribution in [0.3, 0.4) is 0 Å². The van der Waals surface area contributed by atoms with Gasteiger partial charge < -0.3 is 29.0 Å². The number of carbonyl (C=O) groups is 2. The van der Waals surface area contributed by atoms with E-state index < -0.39 is 40.4 Å². The number of hydrogen-bond acceptors (Lipinski definition) is 7. The highest BCUT2D eigenvalue weighted by Crippen LogP contribution is 2.71. The van der Waals surface area contributed by atoms with E-state index in [4.69, 9.17) is 18.9 Å². The van der Waals surface area contributed by atoms with Crippen LogP contribution in [0.4, 0.5) is 0 Å². The van der Waals surface area contributed by atoms with E-state index in [2.05, 4.69) is 31.0 Å². The van der Waals surface area contributed by atoms with Gasteiger partial charge in [0.2, 0.25) is 0 Å². The summed E-state index contributed by atoms with van der Waals surface area (Å²) in [4.78, 5) is 30.3. The minimum atomic E-state index is -1.83. The molecule has 0 unspecified atom stereocenters. The third-order valence-corrected chi connectivity index (χ3v) is 11.5. The Hall–Kier alpha value is -3.30. The van der Waals surface area contributed by atoms with Crippen molar-refractivity contribution in [2.45, 2.75) is 115 Å². The number of fused-ring (bicyclic) bond motifs is 7. The zero-order valence-corrected chi connectivity index (χ0v) is 28.7. The van der Waals surface area contributed by atoms with Gasteiger partial charge in [0.25, 0.3) is 0 Å². The average Bonchev–Trinajstić information content (AvgIpc) is 3.54. The lowest BCUT2D eigenvalue weighted by atomic mass is 9.41. The van der Waals surface area contributed by atoms with Gasteiger partial charge in [-0.2, -0.15) is 0 Å². The number of allylic oxidation sites excluding steroid dienone is 1. The number of para-hydroxylation sites is 1. The number of ether oxygens (including phenoxy) is 4. The van der Waals surface area contributed by atoms with Crippen molar-refractivity contribution < 1.29 is 33.6 Å². The topological polar surface area (TPSA) is 107 Å². The van der Waals surface area contributed by atoms with Gasteiger partial charge >= 0.3 is 5.97 Å². The van der Waals surface area contributed by atoms with E-state index in [0.717, 1.165) is 23.2 Å². The Morgan fingerprint density at radius 2 is 1.66 bits per heavy atom. The highest BCUT2D eigenvalue weighted by atomic mass is 16.7. The molecule has 0 radical (unpaired) electrons. The molecule has 0 saturated heterocycles. The predicted molar refractivity (Wildman–Crippen MR) is 180 cm³/mol. The summed E-state index contributed by atoms with van der Waals surface area (Å²) >= 11 is 0. The Bertz CT molecular complexity index is 1650. The first-order chi connectivity index (χ1) is 22.3. The van der Waals surface area contributed by atoms with Crippen molar-refractivity contribution in [2.75, 3.05) is 7.11 Å². The maximum atomic E-state index is 14.0. The largest absolute Gasteiger partial charge is 0.457 e. The number of carbonyl (C=O) groups excluding carboxylic acids is 2. The van der Waals surface area contributed by atoms with Gasteiger partial charge in [-0.25, -0.2) is 4.79 Å². The lowest BCUT2D eigenvalue weighted by Gasteiger charge is -2.67. The summed E-state index contributed by atoms with van der Waals surface area (Å²) in [6, 6.07) is 18.0. The van der Waals surface area contributed by atoms with Crippen LogP contribution in [0.5, 0.6) is 0 Å². The standard InChI is InChI=1S/C39H49NO7/c1-24(2)46-38(47-25(3)4)19-18-36(5)37(6)27(22-29-28-15-11-12-16-30(28)40-34(29)37)23-33(39(36,43)32(38)17-20-41)45-35(42)31(44-7)21-26-13-9-8-10-14-26/h8-17,20,24-25,27,31,33,40,43H,18-19,21-23H2,1-7H3/b32-17+/t27-,31+,33+,36-,37-,39+/m1/s1. The molecule has 252 valence electrons. The molecule has 8 nitrogen and oxygen atoms in total. The Balaban J connectivity index is 1.51. The lowest BCUT2D eigenvalue weighted by Crippen LogP contribution is -2.75. The smallest absolute Gasteiger partial charge is 0.335 e. The van der Waals surface area contributed by atoms with E-state index in [1.165, 1.54) is 24.1 Å². The molecule has 0 bridgehead atoms. The van der Waals surface area contributed by atoms with E-state index in [1.54, 1.807) is 0 Å². The summed E-state index contributed by atoms with van der Waals surface area (Å²) in [5.74, 6) is -1.91. The first-order valence-electron chi connectivity index (χ1n) is 17.0. The number of aliphatic hydroxyl groups is 1. The van der Waals surface area contributed by atoms with Crippen LogP contribution in [0.1, 0.15) is 77.6 Å². The number of rotatable bonds is 10. The van der Waals surface area contributed by atoms with Gasteiger partial charge in [-0.15, -0.1) is 0 Å². The van der Waals surface area contributed by atoms with E-state index in [0.29, 0.717) is 37.5 Å². The molecule has 3 aromatic rings. The maximum Gasteiger partial charge on any atom is 0.335 e. The third kappa shape index (κ3) is 5.11. The first-order valence-corrected chi connectivity index (χ1v) is 17.0. The minimum absolute atomic E-state index is 0.0496. The molecule has 47 heavy (non-hydrogen) atoms. The second kappa shape index (κ2) is 12.3. The molecule has 1 heterocycles. The highest BCUT2D eigenvalue weighted by Gasteiger charge is 2.76. The van der Waals surface area contributed by atoms with Crippen molar-refractivity contribution in [1.29, 1.82) is 0 Å². The molecule has 8 heteroatoms. The normalized spacial score (nSPS) is 31.1. The van der Waals surface area contributed by atoms with Crippen molar-refractivity contribution in [2.24, 2.45) is 11.3 Å². The number of nitrogens with one attached hydrogen (secondary N) is 1. The molecule has 1 aromatic heterocycles. The molecule has 2 saturated carbocycles. The molecular formula is C39H49NO7. The Labute approximate surface area is 277 Å². The maximum absolute atomic E-state index is 14.0. The van der Waals surface area contributed by atoms with Gasteiger partial charge in [0.05, 0.1) is 12.2 Å². The van der Waals surface area contributed by atoms with Crippen LogP contribution in [0.25, 0.3) is 10.9 Å². The second-order valence-electron chi connectivity index (χ2n) is 14.6. The number of aromatic nitrogens is 1. The van der Waals surface area contributed by atoms with E-state index >= 15 is 0 Å². The van der Waals surface area contributed by atoms with Crippen LogP contribution in [0.15, 0.2) is 66.2 Å². The van der Waals surface area contributed by atoms with Gasteiger partial charge in [-0.05, 0) is 76.1 Å². The molecule has 0 aliphatic heterocycles. The minimum Gasteiger partial charge on any atom is -0.457 e. The van der Waals surface area contributed by atoms with Crippen LogP contribution < -0.4 is 0 Å². The fourth-order valence-electron chi connectivity index (χ4n) is 9.29. The van der Waals surface area contributed by atoms with E-state index in [-0.39, 0.29) is 18.1 Å². The average molecular weight is 644 g/mol. The summed E-state index contributed by atoms with van der Waals surface area (Å²) < 4.78 is 25.3. The molecule has 6 atom stereocenters. The fraction of sp³-hybridized carbons (Fsp3) is 0.538. The SMILES string of the molecule is CO[C@@H](Cc1ccccc1)C(=O)O[C@H]1C[C@H]2Cc3c([nH]c4ccccc34)[C@]2(C)[C@@]2(C)CCC(OC(C)C)(OC(C)C)/C(=C\C=O)[C@]12O. The zero-order valence-electron chi connectivity index (χ0n) is 28.7. The van der Waals surface area contributed by atoms with E-state index in [1.807, 2.05) is 70.2 Å². The first kappa shape index (κ1) is 33.6. The van der Waals surface area contributed by atoms with Crippen LogP contribution in [0, 0.1) is 11.3 Å². The van der Waals surface area contributed by atoms with Gasteiger partial charge in [0, 0.05) is 53.0 Å². The number of methoxy groups -OCH3 is 1. The molecule has 3 aliphatic rings. The number of aldehydes is 1. The summed E-state index contributed by atoms with van der Waals surface area (Å²) in [5.41, 5.74) is 1.33. The number of esters is 1. The molecule has 0 spiro atoms. The van der Waals surface area contributed by atoms with Gasteiger partial charge in [-0.1, -0.05) is 62.4 Å². The molecule has 2 N–H and O–H groups in total. The second-order valence-corrected chi connectivity index (χ2v) is 14.6. The molecule has 2 aromatic carbocycles. The molecular weight excluding hydrogens is 594 g/mol. The van der Waals surface area contributed by atoms with Crippen molar-refractivity contribution in [1.82, 2.24) is 4.98 Å². The van der Waals surface area contributed by atoms with Crippen LogP contribution in [0.2, 0.25) is 0 Å². The third-order valence-electron chi connectivity index (χ3n) is 11.5. The Morgan fingerprint density at radius 3 is 2.30 bits per heavy atom.